The van der Waals surface area contributed by atoms with Crippen molar-refractivity contribution in [3.63, 3.8) is 0 Å². The molecule has 1 amide bonds. The molecule has 194 valence electrons. The van der Waals surface area contributed by atoms with Crippen LogP contribution in [0.15, 0.2) is 95.4 Å². The van der Waals surface area contributed by atoms with Crippen molar-refractivity contribution in [3.05, 3.63) is 91.0 Å². The minimum absolute atomic E-state index is 0.0596. The Labute approximate surface area is 217 Å². The molecule has 1 N–H and O–H groups in total. The van der Waals surface area contributed by atoms with E-state index in [4.69, 9.17) is 14.2 Å². The van der Waals surface area contributed by atoms with Crippen LogP contribution in [-0.2, 0) is 14.8 Å². The third kappa shape index (κ3) is 7.34. The number of hydrogen-bond donors (Lipinski definition) is 1. The van der Waals surface area contributed by atoms with Crippen LogP contribution in [0.1, 0.15) is 12.5 Å². The zero-order valence-electron chi connectivity index (χ0n) is 20.7. The maximum atomic E-state index is 13.4. The molecular formula is C27H29N3O6S. The number of anilines is 1. The highest BCUT2D eigenvalue weighted by Crippen LogP contribution is 2.28. The van der Waals surface area contributed by atoms with Crippen LogP contribution in [0.3, 0.4) is 0 Å². The molecule has 0 aliphatic heterocycles. The van der Waals surface area contributed by atoms with Crippen molar-refractivity contribution in [1.82, 2.24) is 5.43 Å². The lowest BCUT2D eigenvalue weighted by Crippen LogP contribution is -2.39. The SMILES string of the molecule is C=CCOc1ccc(/C=N\NC(=O)CN(c2ccc(OC)cc2)S(=O)(=O)c2ccccc2)cc1OCC. The largest absolute Gasteiger partial charge is 0.497 e. The number of hydrogen-bond acceptors (Lipinski definition) is 7. The molecule has 0 aliphatic rings. The summed E-state index contributed by atoms with van der Waals surface area (Å²) in [5.41, 5.74) is 3.35. The fourth-order valence-electron chi connectivity index (χ4n) is 3.27. The molecule has 0 aliphatic carbocycles. The van der Waals surface area contributed by atoms with Gasteiger partial charge in [0.05, 0.1) is 30.5 Å². The van der Waals surface area contributed by atoms with E-state index in [-0.39, 0.29) is 4.90 Å². The Kier molecular flexibility index (Phi) is 9.68. The Bertz CT molecular complexity index is 1330. The third-order valence-corrected chi connectivity index (χ3v) is 6.79. The fraction of sp³-hybridized carbons (Fsp3) is 0.185. The molecule has 0 aromatic heterocycles. The summed E-state index contributed by atoms with van der Waals surface area (Å²) < 4.78 is 44.1. The summed E-state index contributed by atoms with van der Waals surface area (Å²) in [5, 5.41) is 3.98. The molecule has 3 aromatic rings. The van der Waals surface area contributed by atoms with Gasteiger partial charge in [-0.2, -0.15) is 5.10 Å². The first-order valence-electron chi connectivity index (χ1n) is 11.4. The van der Waals surface area contributed by atoms with Crippen LogP contribution < -0.4 is 23.9 Å². The molecule has 0 saturated carbocycles. The first-order chi connectivity index (χ1) is 17.9. The Morgan fingerprint density at radius 3 is 2.41 bits per heavy atom. The van der Waals surface area contributed by atoms with E-state index in [1.54, 1.807) is 66.7 Å². The van der Waals surface area contributed by atoms with E-state index in [1.807, 2.05) is 6.92 Å². The number of ether oxygens (including phenoxy) is 3. The van der Waals surface area contributed by atoms with E-state index in [9.17, 15) is 13.2 Å². The highest BCUT2D eigenvalue weighted by molar-refractivity contribution is 7.92. The summed E-state index contributed by atoms with van der Waals surface area (Å²) in [6.45, 7) is 5.78. The van der Waals surface area contributed by atoms with Gasteiger partial charge >= 0.3 is 0 Å². The van der Waals surface area contributed by atoms with Gasteiger partial charge < -0.3 is 14.2 Å². The molecule has 0 fully saturated rings. The van der Waals surface area contributed by atoms with E-state index >= 15 is 0 Å². The number of nitrogens with one attached hydrogen (secondary N) is 1. The van der Waals surface area contributed by atoms with Gasteiger partial charge in [-0.1, -0.05) is 30.9 Å². The second kappa shape index (κ2) is 13.1. The lowest BCUT2D eigenvalue weighted by atomic mass is 10.2. The van der Waals surface area contributed by atoms with Crippen molar-refractivity contribution in [1.29, 1.82) is 0 Å². The summed E-state index contributed by atoms with van der Waals surface area (Å²) in [4.78, 5) is 12.8. The number of carbonyl (C=O) groups excluding carboxylic acids is 1. The minimum Gasteiger partial charge on any atom is -0.497 e. The Morgan fingerprint density at radius 2 is 1.76 bits per heavy atom. The predicted octanol–water partition coefficient (Wildman–Crippen LogP) is 4.00. The standard InChI is InChI=1S/C27H29N3O6S/c1-4-17-36-25-16-11-21(18-26(25)35-5-2)19-28-29-27(31)20-30(22-12-14-23(34-3)15-13-22)37(32,33)24-9-7-6-8-10-24/h4,6-16,18-19H,1,5,17,20H2,2-3H3,(H,29,31)/b28-19-. The van der Waals surface area contributed by atoms with Crippen LogP contribution in [0.5, 0.6) is 17.2 Å². The van der Waals surface area contributed by atoms with Gasteiger partial charge in [-0.3, -0.25) is 9.10 Å². The van der Waals surface area contributed by atoms with Crippen LogP contribution in [-0.4, -0.2) is 47.4 Å². The summed E-state index contributed by atoms with van der Waals surface area (Å²) in [7, 11) is -2.52. The van der Waals surface area contributed by atoms with Crippen LogP contribution in [0.4, 0.5) is 5.69 Å². The number of rotatable bonds is 13. The maximum absolute atomic E-state index is 13.4. The Morgan fingerprint density at radius 1 is 1.03 bits per heavy atom. The van der Waals surface area contributed by atoms with E-state index in [2.05, 4.69) is 17.1 Å². The number of nitrogens with zero attached hydrogens (tertiary/aromatic N) is 2. The summed E-state index contributed by atoms with van der Waals surface area (Å²) in [6.07, 6.45) is 3.06. The molecule has 9 nitrogen and oxygen atoms in total. The van der Waals surface area contributed by atoms with Gasteiger partial charge in [-0.05, 0) is 67.1 Å². The van der Waals surface area contributed by atoms with Crippen LogP contribution in [0, 0.1) is 0 Å². The van der Waals surface area contributed by atoms with Crippen molar-refractivity contribution in [3.8, 4) is 17.2 Å². The van der Waals surface area contributed by atoms with Crippen molar-refractivity contribution < 1.29 is 27.4 Å². The predicted molar refractivity (Wildman–Crippen MR) is 143 cm³/mol. The average molecular weight is 524 g/mol. The van der Waals surface area contributed by atoms with Gasteiger partial charge in [0, 0.05) is 0 Å². The minimum atomic E-state index is -4.03. The molecule has 3 aromatic carbocycles. The van der Waals surface area contributed by atoms with E-state index in [0.29, 0.717) is 41.7 Å². The van der Waals surface area contributed by atoms with E-state index < -0.39 is 22.5 Å². The molecule has 0 heterocycles. The van der Waals surface area contributed by atoms with E-state index in [1.165, 1.54) is 25.5 Å². The third-order valence-electron chi connectivity index (χ3n) is 5.01. The normalized spacial score (nSPS) is 11.1. The number of methoxy groups -OCH3 is 1. The molecular weight excluding hydrogens is 494 g/mol. The average Bonchev–Trinajstić information content (AvgIpc) is 2.92. The summed E-state index contributed by atoms with van der Waals surface area (Å²) in [5.74, 6) is 1.02. The van der Waals surface area contributed by atoms with Gasteiger partial charge in [-0.25, -0.2) is 13.8 Å². The number of hydrazone groups is 1. The van der Waals surface area contributed by atoms with Gasteiger partial charge in [0.1, 0.15) is 18.9 Å². The van der Waals surface area contributed by atoms with Gasteiger partial charge in [0.2, 0.25) is 0 Å². The number of sulfonamides is 1. The molecule has 37 heavy (non-hydrogen) atoms. The zero-order valence-corrected chi connectivity index (χ0v) is 21.5. The zero-order chi connectivity index (χ0) is 26.7. The smallest absolute Gasteiger partial charge is 0.264 e. The Hall–Kier alpha value is -4.31. The van der Waals surface area contributed by atoms with Gasteiger partial charge in [0.25, 0.3) is 15.9 Å². The highest BCUT2D eigenvalue weighted by Gasteiger charge is 2.27. The number of amides is 1. The first-order valence-corrected chi connectivity index (χ1v) is 12.9. The second-order valence-electron chi connectivity index (χ2n) is 7.55. The topological polar surface area (TPSA) is 107 Å². The van der Waals surface area contributed by atoms with Crippen LogP contribution in [0.2, 0.25) is 0 Å². The van der Waals surface area contributed by atoms with Crippen molar-refractivity contribution in [2.75, 3.05) is 31.2 Å². The maximum Gasteiger partial charge on any atom is 0.264 e. The van der Waals surface area contributed by atoms with Crippen LogP contribution >= 0.6 is 0 Å². The molecule has 0 radical (unpaired) electrons. The van der Waals surface area contributed by atoms with Crippen molar-refractivity contribution >= 4 is 27.8 Å². The summed E-state index contributed by atoms with van der Waals surface area (Å²) >= 11 is 0. The number of benzene rings is 3. The Balaban J connectivity index is 1.78. The van der Waals surface area contributed by atoms with E-state index in [0.717, 1.165) is 4.31 Å². The first kappa shape index (κ1) is 27.3. The fourth-order valence-corrected chi connectivity index (χ4v) is 4.71. The lowest BCUT2D eigenvalue weighted by Gasteiger charge is -2.23. The molecule has 0 unspecified atom stereocenters. The molecule has 0 atom stereocenters. The number of carbonyl (C=O) groups is 1. The summed E-state index contributed by atoms with van der Waals surface area (Å²) in [6, 6.07) is 19.5. The second-order valence-corrected chi connectivity index (χ2v) is 9.42. The molecule has 0 spiro atoms. The highest BCUT2D eigenvalue weighted by atomic mass is 32.2. The lowest BCUT2D eigenvalue weighted by molar-refractivity contribution is -0.119. The quantitative estimate of drug-likeness (QED) is 0.206. The monoisotopic (exact) mass is 523 g/mol. The van der Waals surface area contributed by atoms with Gasteiger partial charge in [0.15, 0.2) is 11.5 Å². The van der Waals surface area contributed by atoms with Gasteiger partial charge in [-0.15, -0.1) is 0 Å². The molecule has 0 bridgehead atoms. The molecule has 3 rings (SSSR count). The molecule has 10 heteroatoms. The van der Waals surface area contributed by atoms with Crippen LogP contribution in [0.25, 0.3) is 0 Å². The molecule has 0 saturated heterocycles. The van der Waals surface area contributed by atoms with Crippen molar-refractivity contribution in [2.45, 2.75) is 11.8 Å². The van der Waals surface area contributed by atoms with Crippen molar-refractivity contribution in [2.24, 2.45) is 5.10 Å².